The van der Waals surface area contributed by atoms with Crippen molar-refractivity contribution >= 4 is 57.3 Å². The van der Waals surface area contributed by atoms with Crippen molar-refractivity contribution in [2.75, 3.05) is 31.2 Å². The highest BCUT2D eigenvalue weighted by molar-refractivity contribution is 8.01. The van der Waals surface area contributed by atoms with Crippen LogP contribution in [-0.2, 0) is 9.59 Å². The van der Waals surface area contributed by atoms with Crippen molar-refractivity contribution in [3.05, 3.63) is 29.3 Å². The smallest absolute Gasteiger partial charge is 0.239 e. The Morgan fingerprint density at radius 3 is 2.88 bits per heavy atom. The van der Waals surface area contributed by atoms with E-state index in [2.05, 4.69) is 20.8 Å². The Morgan fingerprint density at radius 2 is 2.15 bits per heavy atom. The Morgan fingerprint density at radius 1 is 1.35 bits per heavy atom. The monoisotopic (exact) mass is 413 g/mol. The number of aromatic nitrogens is 2. The number of benzene rings is 1. The van der Waals surface area contributed by atoms with E-state index in [0.717, 1.165) is 12.1 Å². The van der Waals surface area contributed by atoms with Gasteiger partial charge in [0, 0.05) is 24.3 Å². The fraction of sp³-hybridized carbons (Fsp3) is 0.375. The molecule has 0 radical (unpaired) electrons. The predicted octanol–water partition coefficient (Wildman–Crippen LogP) is 3.01. The number of nitrogens with zero attached hydrogens (tertiary/aromatic N) is 3. The van der Waals surface area contributed by atoms with Crippen molar-refractivity contribution in [2.45, 2.75) is 17.7 Å². The predicted molar refractivity (Wildman–Crippen MR) is 106 cm³/mol. The van der Waals surface area contributed by atoms with Crippen LogP contribution in [0.2, 0.25) is 5.02 Å². The van der Waals surface area contributed by atoms with Gasteiger partial charge in [-0.05, 0) is 24.6 Å². The van der Waals surface area contributed by atoms with Gasteiger partial charge in [-0.15, -0.1) is 10.2 Å². The van der Waals surface area contributed by atoms with Crippen molar-refractivity contribution in [3.63, 3.8) is 0 Å². The van der Waals surface area contributed by atoms with E-state index in [1.165, 1.54) is 28.0 Å². The van der Waals surface area contributed by atoms with E-state index in [4.69, 9.17) is 11.6 Å². The van der Waals surface area contributed by atoms with Gasteiger partial charge in [-0.1, -0.05) is 47.7 Å². The standard InChI is InChI=1S/C16H20ClN5O2S2/c1-3-7-18-13(23)9-22(2)14(24)10-25-16-21-20-15(26-16)19-12-6-4-5-11(17)8-12/h4-6,8H,3,7,9-10H2,1-2H3,(H,18,23)(H,19,20). The SMILES string of the molecule is CCCNC(=O)CN(C)C(=O)CSc1nnc(Nc2cccc(Cl)c2)s1. The number of rotatable bonds is 9. The summed E-state index contributed by atoms with van der Waals surface area (Å²) in [6.45, 7) is 2.64. The zero-order chi connectivity index (χ0) is 18.9. The van der Waals surface area contributed by atoms with Crippen LogP contribution in [0.4, 0.5) is 10.8 Å². The Bertz CT molecular complexity index is 756. The number of carbonyl (C=O) groups excluding carboxylic acids is 2. The highest BCUT2D eigenvalue weighted by Crippen LogP contribution is 2.28. The molecule has 0 atom stereocenters. The topological polar surface area (TPSA) is 87.2 Å². The Kier molecular flexibility index (Phi) is 8.14. The lowest BCUT2D eigenvalue weighted by Gasteiger charge is -2.16. The third-order valence-electron chi connectivity index (χ3n) is 3.18. The normalized spacial score (nSPS) is 10.4. The van der Waals surface area contributed by atoms with E-state index in [0.29, 0.717) is 21.0 Å². The van der Waals surface area contributed by atoms with E-state index in [-0.39, 0.29) is 24.1 Å². The molecule has 1 aromatic heterocycles. The third-order valence-corrected chi connectivity index (χ3v) is 5.37. The lowest BCUT2D eigenvalue weighted by Crippen LogP contribution is -2.39. The van der Waals surface area contributed by atoms with Crippen LogP contribution in [0.1, 0.15) is 13.3 Å². The van der Waals surface area contributed by atoms with Crippen LogP contribution in [-0.4, -0.2) is 52.8 Å². The maximum atomic E-state index is 12.1. The number of hydrogen-bond acceptors (Lipinski definition) is 7. The van der Waals surface area contributed by atoms with Gasteiger partial charge in [0.2, 0.25) is 16.9 Å². The molecule has 1 heterocycles. The lowest BCUT2D eigenvalue weighted by molar-refractivity contribution is -0.132. The molecule has 2 amide bonds. The van der Waals surface area contributed by atoms with Gasteiger partial charge >= 0.3 is 0 Å². The van der Waals surface area contributed by atoms with Crippen molar-refractivity contribution in [1.29, 1.82) is 0 Å². The molecule has 2 rings (SSSR count). The first-order chi connectivity index (χ1) is 12.5. The first kappa shape index (κ1) is 20.5. The van der Waals surface area contributed by atoms with Crippen LogP contribution in [0.15, 0.2) is 28.6 Å². The molecule has 0 aliphatic rings. The van der Waals surface area contributed by atoms with Crippen LogP contribution in [0.25, 0.3) is 0 Å². The van der Waals surface area contributed by atoms with E-state index in [9.17, 15) is 9.59 Å². The first-order valence-corrected chi connectivity index (χ1v) is 10.2. The second-order valence-corrected chi connectivity index (χ2v) is 8.03. The fourth-order valence-electron chi connectivity index (χ4n) is 1.87. The zero-order valence-corrected chi connectivity index (χ0v) is 16.9. The van der Waals surface area contributed by atoms with Crippen molar-refractivity contribution in [3.8, 4) is 0 Å². The van der Waals surface area contributed by atoms with Gasteiger partial charge in [0.1, 0.15) is 0 Å². The summed E-state index contributed by atoms with van der Waals surface area (Å²) in [7, 11) is 1.61. The molecular formula is C16H20ClN5O2S2. The second kappa shape index (κ2) is 10.3. The Hall–Kier alpha value is -1.84. The van der Waals surface area contributed by atoms with Gasteiger partial charge in [0.25, 0.3) is 0 Å². The molecule has 0 spiro atoms. The summed E-state index contributed by atoms with van der Waals surface area (Å²) >= 11 is 8.59. The summed E-state index contributed by atoms with van der Waals surface area (Å²) < 4.78 is 0.673. The van der Waals surface area contributed by atoms with Crippen LogP contribution >= 0.6 is 34.7 Å². The van der Waals surface area contributed by atoms with E-state index >= 15 is 0 Å². The maximum Gasteiger partial charge on any atom is 0.239 e. The minimum atomic E-state index is -0.156. The quantitative estimate of drug-likeness (QED) is 0.614. The van der Waals surface area contributed by atoms with Crippen molar-refractivity contribution < 1.29 is 9.59 Å². The summed E-state index contributed by atoms with van der Waals surface area (Å²) in [5, 5.41) is 15.2. The molecule has 7 nitrogen and oxygen atoms in total. The minimum Gasteiger partial charge on any atom is -0.355 e. The summed E-state index contributed by atoms with van der Waals surface area (Å²) in [4.78, 5) is 25.2. The summed E-state index contributed by atoms with van der Waals surface area (Å²) in [6, 6.07) is 7.30. The number of thioether (sulfide) groups is 1. The minimum absolute atomic E-state index is 0.0527. The largest absolute Gasteiger partial charge is 0.355 e. The van der Waals surface area contributed by atoms with Crippen LogP contribution < -0.4 is 10.6 Å². The summed E-state index contributed by atoms with van der Waals surface area (Å²) in [6.07, 6.45) is 0.863. The molecule has 0 fully saturated rings. The van der Waals surface area contributed by atoms with Crippen molar-refractivity contribution in [2.24, 2.45) is 0 Å². The molecule has 26 heavy (non-hydrogen) atoms. The Labute approximate surface area is 165 Å². The van der Waals surface area contributed by atoms with Gasteiger partial charge in [-0.25, -0.2) is 0 Å². The molecule has 0 aliphatic heterocycles. The molecule has 140 valence electrons. The average Bonchev–Trinajstić information content (AvgIpc) is 3.05. The number of amides is 2. The summed E-state index contributed by atoms with van der Waals surface area (Å²) in [5.74, 6) is -0.0959. The molecule has 1 aromatic carbocycles. The number of carbonyl (C=O) groups is 2. The van der Waals surface area contributed by atoms with E-state index < -0.39 is 0 Å². The molecule has 0 unspecified atom stereocenters. The molecule has 0 saturated carbocycles. The van der Waals surface area contributed by atoms with Gasteiger partial charge in [0.05, 0.1) is 12.3 Å². The van der Waals surface area contributed by atoms with Gasteiger partial charge in [-0.2, -0.15) is 0 Å². The lowest BCUT2D eigenvalue weighted by atomic mass is 10.3. The fourth-order valence-corrected chi connectivity index (χ4v) is 3.77. The molecule has 0 saturated heterocycles. The number of hydrogen-bond donors (Lipinski definition) is 2. The van der Waals surface area contributed by atoms with Crippen LogP contribution in [0.3, 0.4) is 0 Å². The number of anilines is 2. The molecule has 10 heteroatoms. The van der Waals surface area contributed by atoms with E-state index in [1.54, 1.807) is 19.2 Å². The Balaban J connectivity index is 1.79. The zero-order valence-electron chi connectivity index (χ0n) is 14.5. The molecule has 2 N–H and O–H groups in total. The summed E-state index contributed by atoms with van der Waals surface area (Å²) in [5.41, 5.74) is 0.819. The number of halogens is 1. The van der Waals surface area contributed by atoms with E-state index in [1.807, 2.05) is 19.1 Å². The van der Waals surface area contributed by atoms with Gasteiger partial charge in [-0.3, -0.25) is 9.59 Å². The molecule has 0 aliphatic carbocycles. The van der Waals surface area contributed by atoms with Crippen LogP contribution in [0, 0.1) is 0 Å². The third kappa shape index (κ3) is 6.81. The van der Waals surface area contributed by atoms with Gasteiger partial charge in [0.15, 0.2) is 4.34 Å². The first-order valence-electron chi connectivity index (χ1n) is 7.97. The average molecular weight is 414 g/mol. The number of nitrogens with one attached hydrogen (secondary N) is 2. The van der Waals surface area contributed by atoms with Gasteiger partial charge < -0.3 is 15.5 Å². The van der Waals surface area contributed by atoms with Crippen LogP contribution in [0.5, 0.6) is 0 Å². The molecule has 2 aromatic rings. The highest BCUT2D eigenvalue weighted by atomic mass is 35.5. The number of likely N-dealkylation sites (N-methyl/N-ethyl adjacent to an activating group) is 1. The highest BCUT2D eigenvalue weighted by Gasteiger charge is 2.14. The maximum absolute atomic E-state index is 12.1. The second-order valence-electron chi connectivity index (χ2n) is 5.40. The molecular weight excluding hydrogens is 394 g/mol. The van der Waals surface area contributed by atoms with Crippen molar-refractivity contribution in [1.82, 2.24) is 20.4 Å². The molecule has 0 bridgehead atoms.